The Morgan fingerprint density at radius 2 is 1.73 bits per heavy atom. The molecule has 0 aliphatic carbocycles. The van der Waals surface area contributed by atoms with Crippen LogP contribution in [0.25, 0.3) is 0 Å². The average molecular weight is 463 g/mol. The molecule has 3 heterocycles. The number of nitrogens with zero attached hydrogens (tertiary/aromatic N) is 2. The Hall–Kier alpha value is -2.99. The van der Waals surface area contributed by atoms with Gasteiger partial charge >= 0.3 is 0 Å². The van der Waals surface area contributed by atoms with Gasteiger partial charge in [0.25, 0.3) is 0 Å². The zero-order chi connectivity index (χ0) is 20.2. The minimum atomic E-state index is -0.268. The lowest BCUT2D eigenvalue weighted by molar-refractivity contribution is -0.0190. The lowest BCUT2D eigenvalue weighted by Crippen LogP contribution is -2.33. The van der Waals surface area contributed by atoms with Gasteiger partial charge in [-0.05, 0) is 43.3 Å². The molecule has 0 N–H and O–H groups in total. The van der Waals surface area contributed by atoms with Gasteiger partial charge in [-0.3, -0.25) is 0 Å². The van der Waals surface area contributed by atoms with Crippen LogP contribution >= 0.6 is 15.9 Å². The molecule has 0 unspecified atom stereocenters. The molecular weight excluding hydrogens is 444 g/mol. The number of aryl methyl sites for hydroxylation is 1. The number of rotatable bonds is 2. The second kappa shape index (κ2) is 6.77. The molecule has 3 aliphatic heterocycles. The quantitative estimate of drug-likeness (QED) is 0.487. The van der Waals surface area contributed by atoms with E-state index in [1.165, 1.54) is 5.56 Å². The van der Waals surface area contributed by atoms with Gasteiger partial charge in [0.1, 0.15) is 5.75 Å². The zero-order valence-corrected chi connectivity index (χ0v) is 17.9. The molecule has 150 valence electrons. The van der Waals surface area contributed by atoms with E-state index in [1.807, 2.05) is 30.3 Å². The molecule has 6 heteroatoms. The number of hydrogen-bond donors (Lipinski definition) is 0. The van der Waals surface area contributed by atoms with Crippen molar-refractivity contribution in [3.63, 3.8) is 0 Å². The maximum Gasteiger partial charge on any atom is 0.231 e. The highest BCUT2D eigenvalue weighted by atomic mass is 79.9. The smallest absolute Gasteiger partial charge is 0.231 e. The summed E-state index contributed by atoms with van der Waals surface area (Å²) in [6.45, 7) is 2.36. The second-order valence-corrected chi connectivity index (χ2v) is 8.69. The first-order chi connectivity index (χ1) is 14.7. The van der Waals surface area contributed by atoms with Gasteiger partial charge in [0.2, 0.25) is 13.0 Å². The summed E-state index contributed by atoms with van der Waals surface area (Å²) in [7, 11) is 0. The van der Waals surface area contributed by atoms with Crippen LogP contribution < -0.4 is 14.2 Å². The molecule has 0 spiro atoms. The Labute approximate surface area is 183 Å². The van der Waals surface area contributed by atoms with Crippen molar-refractivity contribution >= 4 is 21.6 Å². The molecule has 30 heavy (non-hydrogen) atoms. The van der Waals surface area contributed by atoms with Crippen molar-refractivity contribution < 1.29 is 14.2 Å². The van der Waals surface area contributed by atoms with Crippen LogP contribution in [0.1, 0.15) is 40.9 Å². The molecule has 0 radical (unpaired) electrons. The highest BCUT2D eigenvalue weighted by Crippen LogP contribution is 2.48. The van der Waals surface area contributed by atoms with Crippen molar-refractivity contribution in [3.8, 4) is 17.2 Å². The van der Waals surface area contributed by atoms with E-state index in [0.717, 1.165) is 50.5 Å². The minimum Gasteiger partial charge on any atom is -0.464 e. The van der Waals surface area contributed by atoms with Crippen LogP contribution in [0.15, 0.2) is 70.2 Å². The Bertz CT molecular complexity index is 1180. The molecule has 2 atom stereocenters. The van der Waals surface area contributed by atoms with Crippen LogP contribution in [0.3, 0.4) is 0 Å². The van der Waals surface area contributed by atoms with Crippen LogP contribution in [0.5, 0.6) is 17.2 Å². The largest absolute Gasteiger partial charge is 0.464 e. The number of hydrogen-bond acceptors (Lipinski definition) is 5. The topological polar surface area (TPSA) is 43.3 Å². The van der Waals surface area contributed by atoms with Crippen LogP contribution in [-0.4, -0.2) is 17.5 Å². The Balaban J connectivity index is 1.43. The summed E-state index contributed by atoms with van der Waals surface area (Å²) in [5.41, 5.74) is 5.53. The molecule has 0 aromatic heterocycles. The first kappa shape index (κ1) is 17.8. The van der Waals surface area contributed by atoms with E-state index in [4.69, 9.17) is 19.3 Å². The fourth-order valence-electron chi connectivity index (χ4n) is 4.26. The van der Waals surface area contributed by atoms with E-state index in [9.17, 15) is 0 Å². The first-order valence-electron chi connectivity index (χ1n) is 9.94. The Kier molecular flexibility index (Phi) is 4.03. The summed E-state index contributed by atoms with van der Waals surface area (Å²) in [6.07, 6.45) is 0.533. The summed E-state index contributed by atoms with van der Waals surface area (Å²) in [5, 5.41) is 7.12. The van der Waals surface area contributed by atoms with Crippen LogP contribution in [0.2, 0.25) is 0 Å². The summed E-state index contributed by atoms with van der Waals surface area (Å²) in [5.74, 6) is 2.46. The average Bonchev–Trinajstić information content (AvgIpc) is 3.41. The van der Waals surface area contributed by atoms with E-state index in [2.05, 4.69) is 58.2 Å². The Morgan fingerprint density at radius 1 is 0.933 bits per heavy atom. The maximum atomic E-state index is 6.44. The number of benzene rings is 3. The molecule has 0 bridgehead atoms. The fraction of sp³-hybridized carbons (Fsp3) is 0.208. The van der Waals surface area contributed by atoms with Crippen LogP contribution in [0, 0.1) is 6.92 Å². The van der Waals surface area contributed by atoms with Gasteiger partial charge in [0.05, 0.1) is 11.8 Å². The third kappa shape index (κ3) is 2.86. The number of hydrazone groups is 1. The van der Waals surface area contributed by atoms with E-state index in [-0.39, 0.29) is 19.1 Å². The van der Waals surface area contributed by atoms with Crippen molar-refractivity contribution in [2.45, 2.75) is 25.6 Å². The SMILES string of the molecule is Cc1ccc([C@H]2Oc3ccc(Br)cc3[C@H]3CC(c4ccc5c(c4)OCO5)=NN32)cc1. The molecule has 0 saturated heterocycles. The van der Waals surface area contributed by atoms with Crippen molar-refractivity contribution in [1.29, 1.82) is 0 Å². The van der Waals surface area contributed by atoms with E-state index in [0.29, 0.717) is 0 Å². The standard InChI is InChI=1S/C24H19BrN2O3/c1-14-2-4-15(5-3-14)24-27-20(18-11-17(25)7-9-21(18)30-24)12-19(26-27)16-6-8-22-23(10-16)29-13-28-22/h2-11,20,24H,12-13H2,1H3/t20-,24-/m1/s1. The monoisotopic (exact) mass is 462 g/mol. The van der Waals surface area contributed by atoms with Gasteiger partial charge in [-0.15, -0.1) is 0 Å². The van der Waals surface area contributed by atoms with E-state index >= 15 is 0 Å². The van der Waals surface area contributed by atoms with Crippen LogP contribution in [-0.2, 0) is 0 Å². The first-order valence-corrected chi connectivity index (χ1v) is 10.7. The van der Waals surface area contributed by atoms with Crippen molar-refractivity contribution in [3.05, 3.63) is 87.4 Å². The van der Waals surface area contributed by atoms with Crippen molar-refractivity contribution in [2.75, 3.05) is 6.79 Å². The van der Waals surface area contributed by atoms with Gasteiger partial charge < -0.3 is 14.2 Å². The Morgan fingerprint density at radius 3 is 2.60 bits per heavy atom. The highest BCUT2D eigenvalue weighted by Gasteiger charge is 2.41. The maximum absolute atomic E-state index is 6.44. The second-order valence-electron chi connectivity index (χ2n) is 7.78. The number of ether oxygens (including phenoxy) is 3. The van der Waals surface area contributed by atoms with E-state index < -0.39 is 0 Å². The molecule has 6 rings (SSSR count). The third-order valence-electron chi connectivity index (χ3n) is 5.82. The lowest BCUT2D eigenvalue weighted by atomic mass is 9.95. The van der Waals surface area contributed by atoms with Crippen molar-refractivity contribution in [2.24, 2.45) is 5.10 Å². The molecule has 5 nitrogen and oxygen atoms in total. The third-order valence-corrected chi connectivity index (χ3v) is 6.31. The molecule has 0 saturated carbocycles. The molecule has 3 aromatic rings. The normalized spacial score (nSPS) is 21.0. The molecule has 3 aliphatic rings. The van der Waals surface area contributed by atoms with Gasteiger partial charge in [-0.1, -0.05) is 45.8 Å². The predicted molar refractivity (Wildman–Crippen MR) is 117 cm³/mol. The van der Waals surface area contributed by atoms with Gasteiger partial charge in [-0.25, -0.2) is 5.01 Å². The van der Waals surface area contributed by atoms with Gasteiger partial charge in [0, 0.05) is 27.6 Å². The number of fused-ring (bicyclic) bond motifs is 4. The molecule has 0 amide bonds. The van der Waals surface area contributed by atoms with Crippen molar-refractivity contribution in [1.82, 2.24) is 5.01 Å². The van der Waals surface area contributed by atoms with Crippen LogP contribution in [0.4, 0.5) is 0 Å². The molecule has 3 aromatic carbocycles. The number of halogens is 1. The fourth-order valence-corrected chi connectivity index (χ4v) is 4.64. The molecule has 0 fully saturated rings. The summed E-state index contributed by atoms with van der Waals surface area (Å²) < 4.78 is 18.5. The van der Waals surface area contributed by atoms with Gasteiger partial charge in [-0.2, -0.15) is 5.10 Å². The summed E-state index contributed by atoms with van der Waals surface area (Å²) in [4.78, 5) is 0. The lowest BCUT2D eigenvalue weighted by Gasteiger charge is -2.38. The predicted octanol–water partition coefficient (Wildman–Crippen LogP) is 5.73. The zero-order valence-electron chi connectivity index (χ0n) is 16.3. The van der Waals surface area contributed by atoms with Gasteiger partial charge in [0.15, 0.2) is 11.5 Å². The minimum absolute atomic E-state index is 0.109. The summed E-state index contributed by atoms with van der Waals surface area (Å²) in [6, 6.07) is 20.8. The highest BCUT2D eigenvalue weighted by molar-refractivity contribution is 9.10. The van der Waals surface area contributed by atoms with E-state index in [1.54, 1.807) is 0 Å². The molecular formula is C24H19BrN2O3. The summed E-state index contributed by atoms with van der Waals surface area (Å²) >= 11 is 3.61.